The van der Waals surface area contributed by atoms with E-state index >= 15 is 0 Å². The summed E-state index contributed by atoms with van der Waals surface area (Å²) in [5.41, 5.74) is 1.36. The van der Waals surface area contributed by atoms with E-state index in [1.165, 1.54) is 5.56 Å². The van der Waals surface area contributed by atoms with E-state index in [1.807, 2.05) is 6.07 Å². The number of hydrogen-bond acceptors (Lipinski definition) is 2. The lowest BCUT2D eigenvalue weighted by Gasteiger charge is -2.15. The molecule has 0 spiro atoms. The zero-order chi connectivity index (χ0) is 14.3. The minimum absolute atomic E-state index is 0.236. The summed E-state index contributed by atoms with van der Waals surface area (Å²) in [5, 5.41) is 3.52. The molecule has 1 unspecified atom stereocenters. The zero-order valence-electron chi connectivity index (χ0n) is 13.1. The van der Waals surface area contributed by atoms with Crippen LogP contribution in [0.5, 0.6) is 5.75 Å². The highest BCUT2D eigenvalue weighted by molar-refractivity contribution is 5.29. The topological polar surface area (TPSA) is 21.3 Å². The molecule has 0 amide bonds. The number of rotatable bonds is 8. The summed E-state index contributed by atoms with van der Waals surface area (Å²) in [4.78, 5) is 0. The largest absolute Gasteiger partial charge is 0.491 e. The highest BCUT2D eigenvalue weighted by atomic mass is 16.5. The van der Waals surface area contributed by atoms with E-state index in [0.29, 0.717) is 5.92 Å². The maximum Gasteiger partial charge on any atom is 0.119 e. The van der Waals surface area contributed by atoms with Crippen molar-refractivity contribution >= 4 is 0 Å². The molecule has 0 heterocycles. The first kappa shape index (κ1) is 16.0. The van der Waals surface area contributed by atoms with Gasteiger partial charge in [0.2, 0.25) is 0 Å². The predicted molar refractivity (Wildman–Crippen MR) is 82.8 cm³/mol. The molecule has 0 bridgehead atoms. The number of hydrogen-bond donors (Lipinski definition) is 1. The quantitative estimate of drug-likeness (QED) is 0.768. The van der Waals surface area contributed by atoms with Crippen LogP contribution in [-0.4, -0.2) is 19.2 Å². The molecule has 0 aliphatic carbocycles. The molecule has 0 fully saturated rings. The van der Waals surface area contributed by atoms with Crippen molar-refractivity contribution in [2.75, 3.05) is 13.1 Å². The van der Waals surface area contributed by atoms with Crippen LogP contribution in [0.2, 0.25) is 0 Å². The van der Waals surface area contributed by atoms with Gasteiger partial charge in [0.05, 0.1) is 6.10 Å². The van der Waals surface area contributed by atoms with Crippen molar-refractivity contribution in [1.29, 1.82) is 0 Å². The van der Waals surface area contributed by atoms with Crippen molar-refractivity contribution in [3.8, 4) is 5.75 Å². The number of nitrogens with one attached hydrogen (secondary N) is 1. The summed E-state index contributed by atoms with van der Waals surface area (Å²) >= 11 is 0. The molecule has 0 saturated heterocycles. The van der Waals surface area contributed by atoms with E-state index in [9.17, 15) is 0 Å². The molecule has 1 N–H and O–H groups in total. The SMILES string of the molecule is CC(C)CNCC(C)Cc1cccc(OC(C)C)c1. The Morgan fingerprint density at radius 1 is 1.05 bits per heavy atom. The standard InChI is InChI=1S/C17H29NO/c1-13(2)11-18-12-15(5)9-16-7-6-8-17(10-16)19-14(3)4/h6-8,10,13-15,18H,9,11-12H2,1-5H3. The van der Waals surface area contributed by atoms with Gasteiger partial charge in [0.1, 0.15) is 5.75 Å². The minimum atomic E-state index is 0.236. The fourth-order valence-corrected chi connectivity index (χ4v) is 2.11. The highest BCUT2D eigenvalue weighted by Gasteiger charge is 2.05. The van der Waals surface area contributed by atoms with Gasteiger partial charge < -0.3 is 10.1 Å². The van der Waals surface area contributed by atoms with Crippen molar-refractivity contribution in [2.24, 2.45) is 11.8 Å². The maximum absolute atomic E-state index is 5.73. The van der Waals surface area contributed by atoms with Crippen LogP contribution in [0, 0.1) is 11.8 Å². The van der Waals surface area contributed by atoms with Crippen LogP contribution in [0.4, 0.5) is 0 Å². The van der Waals surface area contributed by atoms with Crippen molar-refractivity contribution < 1.29 is 4.74 Å². The van der Waals surface area contributed by atoms with Crippen LogP contribution in [0.15, 0.2) is 24.3 Å². The molecule has 1 atom stereocenters. The first-order chi connectivity index (χ1) is 8.97. The molecule has 1 aromatic carbocycles. The average Bonchev–Trinajstić information content (AvgIpc) is 2.27. The molecule has 0 aromatic heterocycles. The van der Waals surface area contributed by atoms with Crippen LogP contribution in [0.1, 0.15) is 40.2 Å². The summed E-state index contributed by atoms with van der Waals surface area (Å²) < 4.78 is 5.73. The van der Waals surface area contributed by atoms with Gasteiger partial charge in [-0.2, -0.15) is 0 Å². The van der Waals surface area contributed by atoms with E-state index in [-0.39, 0.29) is 6.10 Å². The summed E-state index contributed by atoms with van der Waals surface area (Å²) in [6, 6.07) is 8.47. The number of benzene rings is 1. The molecular formula is C17H29NO. The lowest BCUT2D eigenvalue weighted by molar-refractivity contribution is 0.242. The monoisotopic (exact) mass is 263 g/mol. The highest BCUT2D eigenvalue weighted by Crippen LogP contribution is 2.17. The molecule has 2 nitrogen and oxygen atoms in total. The lowest BCUT2D eigenvalue weighted by Crippen LogP contribution is -2.26. The van der Waals surface area contributed by atoms with Crippen LogP contribution < -0.4 is 10.1 Å². The molecule has 0 aliphatic rings. The van der Waals surface area contributed by atoms with Crippen LogP contribution >= 0.6 is 0 Å². The Hall–Kier alpha value is -1.02. The number of ether oxygens (including phenoxy) is 1. The maximum atomic E-state index is 5.73. The Labute approximate surface area is 118 Å². The Morgan fingerprint density at radius 2 is 1.79 bits per heavy atom. The van der Waals surface area contributed by atoms with E-state index < -0.39 is 0 Å². The van der Waals surface area contributed by atoms with Gasteiger partial charge in [0.25, 0.3) is 0 Å². The molecule has 19 heavy (non-hydrogen) atoms. The van der Waals surface area contributed by atoms with E-state index in [4.69, 9.17) is 4.74 Å². The fraction of sp³-hybridized carbons (Fsp3) is 0.647. The molecule has 1 rings (SSSR count). The average molecular weight is 263 g/mol. The summed E-state index contributed by atoms with van der Waals surface area (Å²) in [7, 11) is 0. The van der Waals surface area contributed by atoms with E-state index in [0.717, 1.165) is 31.2 Å². The van der Waals surface area contributed by atoms with Gasteiger partial charge in [0, 0.05) is 0 Å². The third-order valence-electron chi connectivity index (χ3n) is 2.90. The van der Waals surface area contributed by atoms with Crippen molar-refractivity contribution in [3.05, 3.63) is 29.8 Å². The Morgan fingerprint density at radius 3 is 2.42 bits per heavy atom. The second kappa shape index (κ2) is 8.21. The second-order valence-electron chi connectivity index (χ2n) is 6.18. The fourth-order valence-electron chi connectivity index (χ4n) is 2.11. The minimum Gasteiger partial charge on any atom is -0.491 e. The normalized spacial score (nSPS) is 13.0. The van der Waals surface area contributed by atoms with Crippen molar-refractivity contribution in [1.82, 2.24) is 5.32 Å². The molecular weight excluding hydrogens is 234 g/mol. The molecule has 2 heteroatoms. The zero-order valence-corrected chi connectivity index (χ0v) is 13.1. The van der Waals surface area contributed by atoms with E-state index in [1.54, 1.807) is 0 Å². The van der Waals surface area contributed by atoms with E-state index in [2.05, 4.69) is 58.1 Å². The molecule has 108 valence electrons. The first-order valence-corrected chi connectivity index (χ1v) is 7.43. The first-order valence-electron chi connectivity index (χ1n) is 7.43. The van der Waals surface area contributed by atoms with Gasteiger partial charge in [-0.1, -0.05) is 32.9 Å². The summed E-state index contributed by atoms with van der Waals surface area (Å²) in [6.45, 7) is 13.1. The van der Waals surface area contributed by atoms with Crippen LogP contribution in [0.25, 0.3) is 0 Å². The smallest absolute Gasteiger partial charge is 0.119 e. The second-order valence-corrected chi connectivity index (χ2v) is 6.18. The third-order valence-corrected chi connectivity index (χ3v) is 2.90. The lowest BCUT2D eigenvalue weighted by atomic mass is 10.0. The van der Waals surface area contributed by atoms with Gasteiger partial charge in [-0.3, -0.25) is 0 Å². The molecule has 0 aliphatic heterocycles. The molecule has 0 radical (unpaired) electrons. The summed E-state index contributed by atoms with van der Waals surface area (Å²) in [6.07, 6.45) is 1.33. The van der Waals surface area contributed by atoms with Gasteiger partial charge >= 0.3 is 0 Å². The predicted octanol–water partition coefficient (Wildman–Crippen LogP) is 3.90. The van der Waals surface area contributed by atoms with Gasteiger partial charge in [-0.15, -0.1) is 0 Å². The third kappa shape index (κ3) is 7.22. The summed E-state index contributed by atoms with van der Waals surface area (Å²) in [5.74, 6) is 2.35. The van der Waals surface area contributed by atoms with Gasteiger partial charge in [0.15, 0.2) is 0 Å². The Kier molecular flexibility index (Phi) is 6.93. The van der Waals surface area contributed by atoms with Crippen LogP contribution in [0.3, 0.4) is 0 Å². The van der Waals surface area contributed by atoms with Gasteiger partial charge in [-0.25, -0.2) is 0 Å². The Balaban J connectivity index is 2.43. The van der Waals surface area contributed by atoms with Gasteiger partial charge in [-0.05, 0) is 62.9 Å². The van der Waals surface area contributed by atoms with Crippen molar-refractivity contribution in [3.63, 3.8) is 0 Å². The van der Waals surface area contributed by atoms with Crippen molar-refractivity contribution in [2.45, 2.75) is 47.1 Å². The Bertz CT molecular complexity index is 360. The molecule has 0 saturated carbocycles. The van der Waals surface area contributed by atoms with Crippen LogP contribution in [-0.2, 0) is 6.42 Å². The molecule has 1 aromatic rings.